The Labute approximate surface area is 128 Å². The Hall–Kier alpha value is -1.82. The first kappa shape index (κ1) is 14.1. The average Bonchev–Trinajstić information content (AvgIpc) is 3.01. The third-order valence-electron chi connectivity index (χ3n) is 3.67. The van der Waals surface area contributed by atoms with Gasteiger partial charge in [0.2, 0.25) is 5.91 Å². The zero-order valence-corrected chi connectivity index (χ0v) is 13.1. The number of hydrogen-bond acceptors (Lipinski definition) is 3. The minimum Gasteiger partial charge on any atom is -0.297 e. The SMILES string of the molecule is CCN1C(=O)CCn2nc(-c3c(Cl)cnn3C(C)C)cc21. The van der Waals surface area contributed by atoms with E-state index in [1.807, 2.05) is 36.2 Å². The molecule has 1 aliphatic heterocycles. The Morgan fingerprint density at radius 1 is 1.43 bits per heavy atom. The summed E-state index contributed by atoms with van der Waals surface area (Å²) in [6.45, 7) is 7.31. The number of carbonyl (C=O) groups is 1. The molecule has 3 heterocycles. The maximum Gasteiger partial charge on any atom is 0.229 e. The Bertz CT molecular complexity index is 688. The van der Waals surface area contributed by atoms with Crippen LogP contribution in [0.4, 0.5) is 5.82 Å². The lowest BCUT2D eigenvalue weighted by molar-refractivity contribution is -0.119. The predicted molar refractivity (Wildman–Crippen MR) is 81.5 cm³/mol. The molecule has 0 unspecified atom stereocenters. The predicted octanol–water partition coefficient (Wildman–Crippen LogP) is 2.74. The molecular weight excluding hydrogens is 290 g/mol. The molecule has 3 rings (SSSR count). The highest BCUT2D eigenvalue weighted by atomic mass is 35.5. The molecule has 21 heavy (non-hydrogen) atoms. The van der Waals surface area contributed by atoms with Gasteiger partial charge in [-0.1, -0.05) is 11.6 Å². The Balaban J connectivity index is 2.10. The van der Waals surface area contributed by atoms with Gasteiger partial charge in [0.1, 0.15) is 17.2 Å². The van der Waals surface area contributed by atoms with Crippen LogP contribution in [-0.2, 0) is 11.3 Å². The number of halogens is 1. The fourth-order valence-corrected chi connectivity index (χ4v) is 2.91. The van der Waals surface area contributed by atoms with Crippen molar-refractivity contribution in [3.63, 3.8) is 0 Å². The first-order chi connectivity index (χ1) is 10.0. The molecule has 0 fully saturated rings. The van der Waals surface area contributed by atoms with Gasteiger partial charge < -0.3 is 0 Å². The van der Waals surface area contributed by atoms with Crippen molar-refractivity contribution < 1.29 is 4.79 Å². The summed E-state index contributed by atoms with van der Waals surface area (Å²) in [5.41, 5.74) is 1.56. The number of nitrogens with zero attached hydrogens (tertiary/aromatic N) is 5. The molecule has 112 valence electrons. The third kappa shape index (κ3) is 2.23. The Morgan fingerprint density at radius 2 is 2.19 bits per heavy atom. The van der Waals surface area contributed by atoms with E-state index in [9.17, 15) is 4.79 Å². The molecule has 0 saturated heterocycles. The van der Waals surface area contributed by atoms with E-state index in [-0.39, 0.29) is 11.9 Å². The van der Waals surface area contributed by atoms with Crippen LogP contribution < -0.4 is 4.90 Å². The summed E-state index contributed by atoms with van der Waals surface area (Å²) in [6, 6.07) is 2.11. The molecule has 1 aliphatic rings. The normalized spacial score (nSPS) is 14.9. The topological polar surface area (TPSA) is 56.0 Å². The number of hydrogen-bond donors (Lipinski definition) is 0. The van der Waals surface area contributed by atoms with Crippen LogP contribution in [0.2, 0.25) is 5.02 Å². The monoisotopic (exact) mass is 307 g/mol. The van der Waals surface area contributed by atoms with E-state index >= 15 is 0 Å². The van der Waals surface area contributed by atoms with Gasteiger partial charge in [-0.05, 0) is 20.8 Å². The average molecular weight is 308 g/mol. The van der Waals surface area contributed by atoms with Crippen molar-refractivity contribution in [3.8, 4) is 11.4 Å². The summed E-state index contributed by atoms with van der Waals surface area (Å²) in [7, 11) is 0. The van der Waals surface area contributed by atoms with E-state index in [1.54, 1.807) is 11.1 Å². The lowest BCUT2D eigenvalue weighted by atomic mass is 10.2. The van der Waals surface area contributed by atoms with Crippen molar-refractivity contribution >= 4 is 23.3 Å². The van der Waals surface area contributed by atoms with E-state index in [0.717, 1.165) is 17.2 Å². The van der Waals surface area contributed by atoms with Crippen LogP contribution in [0.1, 0.15) is 33.2 Å². The molecule has 0 aromatic carbocycles. The lowest BCUT2D eigenvalue weighted by Gasteiger charge is -2.25. The molecule has 0 bridgehead atoms. The third-order valence-corrected chi connectivity index (χ3v) is 3.95. The quantitative estimate of drug-likeness (QED) is 0.876. The van der Waals surface area contributed by atoms with Gasteiger partial charge in [-0.2, -0.15) is 10.2 Å². The summed E-state index contributed by atoms with van der Waals surface area (Å²) < 4.78 is 3.73. The van der Waals surface area contributed by atoms with Crippen molar-refractivity contribution in [3.05, 3.63) is 17.3 Å². The lowest BCUT2D eigenvalue weighted by Crippen LogP contribution is -2.37. The van der Waals surface area contributed by atoms with Crippen LogP contribution >= 0.6 is 11.6 Å². The molecule has 7 heteroatoms. The Morgan fingerprint density at radius 3 is 2.86 bits per heavy atom. The van der Waals surface area contributed by atoms with Gasteiger partial charge in [0.15, 0.2) is 0 Å². The van der Waals surface area contributed by atoms with Crippen LogP contribution in [-0.4, -0.2) is 32.0 Å². The minimum absolute atomic E-state index is 0.139. The van der Waals surface area contributed by atoms with Gasteiger partial charge in [0.05, 0.1) is 17.8 Å². The first-order valence-corrected chi connectivity index (χ1v) is 7.52. The summed E-state index contributed by atoms with van der Waals surface area (Å²) in [5.74, 6) is 0.969. The number of aryl methyl sites for hydroxylation is 1. The number of aromatic nitrogens is 4. The standard InChI is InChI=1S/C14H18ClN5O/c1-4-18-12-7-11(17-19(12)6-5-13(18)21)14-10(15)8-16-20(14)9(2)3/h7-9H,4-6H2,1-3H3. The molecule has 2 aromatic rings. The van der Waals surface area contributed by atoms with E-state index in [0.29, 0.717) is 24.5 Å². The molecule has 0 saturated carbocycles. The molecule has 0 N–H and O–H groups in total. The number of rotatable bonds is 3. The van der Waals surface area contributed by atoms with Crippen LogP contribution in [0, 0.1) is 0 Å². The molecule has 6 nitrogen and oxygen atoms in total. The molecule has 0 spiro atoms. The largest absolute Gasteiger partial charge is 0.297 e. The number of amides is 1. The van der Waals surface area contributed by atoms with E-state index in [4.69, 9.17) is 11.6 Å². The van der Waals surface area contributed by atoms with Crippen LogP contribution in [0.25, 0.3) is 11.4 Å². The second-order valence-corrected chi connectivity index (χ2v) is 5.79. The van der Waals surface area contributed by atoms with Gasteiger partial charge in [-0.25, -0.2) is 4.68 Å². The van der Waals surface area contributed by atoms with Crippen LogP contribution in [0.5, 0.6) is 0 Å². The maximum absolute atomic E-state index is 12.0. The summed E-state index contributed by atoms with van der Waals surface area (Å²) >= 11 is 6.27. The van der Waals surface area contributed by atoms with Crippen molar-refractivity contribution in [1.29, 1.82) is 0 Å². The number of fused-ring (bicyclic) bond motifs is 1. The highest BCUT2D eigenvalue weighted by Crippen LogP contribution is 2.33. The highest BCUT2D eigenvalue weighted by Gasteiger charge is 2.27. The number of anilines is 1. The fraction of sp³-hybridized carbons (Fsp3) is 0.500. The molecular formula is C14H18ClN5O. The smallest absolute Gasteiger partial charge is 0.229 e. The minimum atomic E-state index is 0.139. The van der Waals surface area contributed by atoms with Gasteiger partial charge in [-0.3, -0.25) is 14.4 Å². The zero-order chi connectivity index (χ0) is 15.1. The van der Waals surface area contributed by atoms with Crippen molar-refractivity contribution in [2.75, 3.05) is 11.4 Å². The summed E-state index contributed by atoms with van der Waals surface area (Å²) in [5, 5.41) is 9.49. The zero-order valence-electron chi connectivity index (χ0n) is 12.4. The van der Waals surface area contributed by atoms with Gasteiger partial charge in [0, 0.05) is 25.1 Å². The Kier molecular flexibility index (Phi) is 3.49. The molecule has 2 aromatic heterocycles. The van der Waals surface area contributed by atoms with Crippen molar-refractivity contribution in [1.82, 2.24) is 19.6 Å². The van der Waals surface area contributed by atoms with E-state index < -0.39 is 0 Å². The van der Waals surface area contributed by atoms with Crippen LogP contribution in [0.15, 0.2) is 12.3 Å². The second kappa shape index (κ2) is 5.18. The number of carbonyl (C=O) groups excluding carboxylic acids is 1. The molecule has 0 radical (unpaired) electrons. The first-order valence-electron chi connectivity index (χ1n) is 7.14. The highest BCUT2D eigenvalue weighted by molar-refractivity contribution is 6.33. The van der Waals surface area contributed by atoms with E-state index in [1.165, 1.54) is 0 Å². The van der Waals surface area contributed by atoms with E-state index in [2.05, 4.69) is 10.2 Å². The summed E-state index contributed by atoms with van der Waals surface area (Å²) in [6.07, 6.45) is 2.12. The van der Waals surface area contributed by atoms with Gasteiger partial charge >= 0.3 is 0 Å². The van der Waals surface area contributed by atoms with Gasteiger partial charge in [-0.15, -0.1) is 0 Å². The fourth-order valence-electron chi connectivity index (χ4n) is 2.68. The maximum atomic E-state index is 12.0. The van der Waals surface area contributed by atoms with Gasteiger partial charge in [0.25, 0.3) is 0 Å². The molecule has 1 amide bonds. The molecule has 0 atom stereocenters. The van der Waals surface area contributed by atoms with Crippen LogP contribution in [0.3, 0.4) is 0 Å². The second-order valence-electron chi connectivity index (χ2n) is 5.38. The van der Waals surface area contributed by atoms with Crippen molar-refractivity contribution in [2.45, 2.75) is 39.8 Å². The van der Waals surface area contributed by atoms with Crippen molar-refractivity contribution in [2.24, 2.45) is 0 Å². The summed E-state index contributed by atoms with van der Waals surface area (Å²) in [4.78, 5) is 13.7. The molecule has 0 aliphatic carbocycles.